The summed E-state index contributed by atoms with van der Waals surface area (Å²) in [5, 5.41) is 2.26. The predicted octanol–water partition coefficient (Wildman–Crippen LogP) is -0.871. The number of cyclic esters (lactones) is 1. The van der Waals surface area contributed by atoms with Crippen LogP contribution < -0.4 is 5.32 Å². The summed E-state index contributed by atoms with van der Waals surface area (Å²) >= 11 is 0. The van der Waals surface area contributed by atoms with Gasteiger partial charge in [-0.05, 0) is 0 Å². The fraction of sp³-hybridized carbons (Fsp3) is 0.500. The van der Waals surface area contributed by atoms with E-state index in [2.05, 4.69) is 10.1 Å². The summed E-state index contributed by atoms with van der Waals surface area (Å²) in [6.45, 7) is 5.14. The van der Waals surface area contributed by atoms with Gasteiger partial charge in [0.1, 0.15) is 6.04 Å². The van der Waals surface area contributed by atoms with Gasteiger partial charge in [0, 0.05) is 6.42 Å². The lowest BCUT2D eigenvalue weighted by molar-refractivity contribution is -0.140. The monoisotopic (exact) mass is 141 g/mol. The van der Waals surface area contributed by atoms with E-state index in [9.17, 15) is 9.59 Å². The number of carbonyl (C=O) groups excluding carboxylic acids is 2. The van der Waals surface area contributed by atoms with Crippen LogP contribution in [0.2, 0.25) is 0 Å². The van der Waals surface area contributed by atoms with Crippen molar-refractivity contribution in [3.63, 3.8) is 0 Å². The van der Waals surface area contributed by atoms with Gasteiger partial charge < -0.3 is 10.1 Å². The van der Waals surface area contributed by atoms with Crippen molar-refractivity contribution in [2.24, 2.45) is 0 Å². The summed E-state index contributed by atoms with van der Waals surface area (Å²) in [5.74, 6) is -1.09. The van der Waals surface area contributed by atoms with Gasteiger partial charge in [-0.25, -0.2) is 4.79 Å². The minimum Gasteiger partial charge on any atom is -0.464 e. The average molecular weight is 141 g/mol. The Morgan fingerprint density at radius 2 is 2.50 bits per heavy atom. The molecule has 0 spiro atoms. The Hall–Kier alpha value is -1.06. The molecule has 10 heavy (non-hydrogen) atoms. The van der Waals surface area contributed by atoms with Gasteiger partial charge >= 0.3 is 5.97 Å². The van der Waals surface area contributed by atoms with E-state index in [0.29, 0.717) is 13.0 Å². The van der Waals surface area contributed by atoms with Crippen molar-refractivity contribution in [1.29, 1.82) is 0 Å². The number of nitrogens with one attached hydrogen (secondary N) is 1. The molecule has 1 unspecified atom stereocenters. The molecule has 1 saturated heterocycles. The zero-order valence-corrected chi connectivity index (χ0v) is 5.29. The molecule has 2 radical (unpaired) electrons. The van der Waals surface area contributed by atoms with Crippen molar-refractivity contribution in [2.75, 3.05) is 6.61 Å². The molecular weight excluding hydrogens is 134 g/mol. The number of esters is 1. The van der Waals surface area contributed by atoms with Crippen LogP contribution in [0.5, 0.6) is 0 Å². The van der Waals surface area contributed by atoms with Gasteiger partial charge in [0.05, 0.1) is 13.5 Å². The summed E-state index contributed by atoms with van der Waals surface area (Å²) in [5.41, 5.74) is 0. The van der Waals surface area contributed by atoms with Crippen molar-refractivity contribution >= 4 is 11.9 Å². The Morgan fingerprint density at radius 1 is 1.80 bits per heavy atom. The molecule has 1 atom stereocenters. The van der Waals surface area contributed by atoms with E-state index in [-0.39, 0.29) is 0 Å². The van der Waals surface area contributed by atoms with Gasteiger partial charge in [0.15, 0.2) is 0 Å². The highest BCUT2D eigenvalue weighted by atomic mass is 16.5. The van der Waals surface area contributed by atoms with Crippen LogP contribution in [0.25, 0.3) is 0 Å². The molecule has 1 fully saturated rings. The van der Waals surface area contributed by atoms with Crippen LogP contribution in [0, 0.1) is 6.92 Å². The van der Waals surface area contributed by atoms with Crippen LogP contribution >= 0.6 is 0 Å². The van der Waals surface area contributed by atoms with Gasteiger partial charge in [0.2, 0.25) is 5.91 Å². The van der Waals surface area contributed by atoms with Crippen molar-refractivity contribution in [2.45, 2.75) is 12.5 Å². The van der Waals surface area contributed by atoms with Crippen LogP contribution in [-0.4, -0.2) is 24.5 Å². The number of carbonyl (C=O) groups is 2. The molecular formula is C6H7NO3. The first-order chi connectivity index (χ1) is 4.70. The van der Waals surface area contributed by atoms with Crippen LogP contribution in [0.1, 0.15) is 6.42 Å². The molecule has 0 aromatic carbocycles. The highest BCUT2D eigenvalue weighted by Crippen LogP contribution is 2.04. The second kappa shape index (κ2) is 2.68. The first-order valence-electron chi connectivity index (χ1n) is 2.93. The van der Waals surface area contributed by atoms with Crippen molar-refractivity contribution in [3.05, 3.63) is 6.92 Å². The maximum Gasteiger partial charge on any atom is 0.328 e. The molecule has 1 N–H and O–H groups in total. The highest BCUT2D eigenvalue weighted by Gasteiger charge is 2.26. The van der Waals surface area contributed by atoms with Gasteiger partial charge in [-0.15, -0.1) is 0 Å². The van der Waals surface area contributed by atoms with Gasteiger partial charge in [-0.3, -0.25) is 4.79 Å². The molecule has 0 bridgehead atoms. The zero-order chi connectivity index (χ0) is 7.56. The average Bonchev–Trinajstić information content (AvgIpc) is 2.15. The molecule has 0 saturated carbocycles. The van der Waals surface area contributed by atoms with Crippen molar-refractivity contribution in [1.82, 2.24) is 5.32 Å². The van der Waals surface area contributed by atoms with Crippen molar-refractivity contribution in [3.8, 4) is 0 Å². The fourth-order valence-electron chi connectivity index (χ4n) is 0.799. The summed E-state index contributed by atoms with van der Waals surface area (Å²) in [6, 6.07) is -0.530. The Morgan fingerprint density at radius 3 is 2.90 bits per heavy atom. The lowest BCUT2D eigenvalue weighted by Crippen LogP contribution is -2.36. The summed E-state index contributed by atoms with van der Waals surface area (Å²) in [7, 11) is 0. The van der Waals surface area contributed by atoms with Crippen LogP contribution in [0.15, 0.2) is 0 Å². The fourth-order valence-corrected chi connectivity index (χ4v) is 0.799. The molecule has 1 aliphatic heterocycles. The third-order valence-corrected chi connectivity index (χ3v) is 1.25. The van der Waals surface area contributed by atoms with E-state index in [0.717, 1.165) is 0 Å². The Balaban J connectivity index is 2.40. The number of hydrogen-bond acceptors (Lipinski definition) is 3. The maximum atomic E-state index is 10.6. The van der Waals surface area contributed by atoms with Gasteiger partial charge in [0.25, 0.3) is 0 Å². The second-order valence-corrected chi connectivity index (χ2v) is 2.02. The lowest BCUT2D eigenvalue weighted by Gasteiger charge is -2.03. The van der Waals surface area contributed by atoms with E-state index in [1.54, 1.807) is 0 Å². The minimum atomic E-state index is -0.691. The summed E-state index contributed by atoms with van der Waals surface area (Å²) in [4.78, 5) is 20.8. The molecule has 1 heterocycles. The predicted molar refractivity (Wildman–Crippen MR) is 31.8 cm³/mol. The SMILES string of the molecule is [CH]C(=O)NC1CCOC1=O. The zero-order valence-electron chi connectivity index (χ0n) is 5.29. The van der Waals surface area contributed by atoms with Crippen LogP contribution in [0.4, 0.5) is 0 Å². The molecule has 1 aliphatic rings. The Bertz CT molecular complexity index is 166. The first kappa shape index (κ1) is 7.05. The van der Waals surface area contributed by atoms with Gasteiger partial charge in [-0.1, -0.05) is 0 Å². The van der Waals surface area contributed by atoms with Crippen LogP contribution in [0.3, 0.4) is 0 Å². The Labute approximate surface area is 58.5 Å². The molecule has 0 aromatic heterocycles. The number of hydrogen-bond donors (Lipinski definition) is 1. The number of ether oxygens (including phenoxy) is 1. The Kier molecular flexibility index (Phi) is 1.89. The van der Waals surface area contributed by atoms with E-state index < -0.39 is 17.9 Å². The van der Waals surface area contributed by atoms with E-state index >= 15 is 0 Å². The summed E-state index contributed by atoms with van der Waals surface area (Å²) < 4.78 is 4.56. The van der Waals surface area contributed by atoms with Crippen LogP contribution in [-0.2, 0) is 14.3 Å². The third-order valence-electron chi connectivity index (χ3n) is 1.25. The van der Waals surface area contributed by atoms with E-state index in [1.807, 2.05) is 0 Å². The van der Waals surface area contributed by atoms with E-state index in [4.69, 9.17) is 6.92 Å². The lowest BCUT2D eigenvalue weighted by atomic mass is 10.2. The first-order valence-corrected chi connectivity index (χ1v) is 2.93. The largest absolute Gasteiger partial charge is 0.464 e. The molecule has 1 amide bonds. The quantitative estimate of drug-likeness (QED) is 0.483. The standard InChI is InChI=1S/C6H7NO3/c1-4(8)7-5-2-3-10-6(5)9/h1,5H,2-3H2,(H,7,8). The molecule has 4 nitrogen and oxygen atoms in total. The third kappa shape index (κ3) is 1.46. The van der Waals surface area contributed by atoms with E-state index in [1.165, 1.54) is 0 Å². The molecule has 0 aromatic rings. The maximum absolute atomic E-state index is 10.6. The molecule has 54 valence electrons. The molecule has 1 rings (SSSR count). The second-order valence-electron chi connectivity index (χ2n) is 2.02. The summed E-state index contributed by atoms with van der Waals surface area (Å²) in [6.07, 6.45) is 0.516. The molecule has 0 aliphatic carbocycles. The minimum absolute atomic E-state index is 0.365. The normalized spacial score (nSPS) is 24.1. The topological polar surface area (TPSA) is 55.4 Å². The van der Waals surface area contributed by atoms with Crippen molar-refractivity contribution < 1.29 is 14.3 Å². The molecule has 4 heteroatoms. The van der Waals surface area contributed by atoms with Gasteiger partial charge in [-0.2, -0.15) is 0 Å². The number of rotatable bonds is 1. The highest BCUT2D eigenvalue weighted by molar-refractivity contribution is 5.87. The number of amides is 1. The smallest absolute Gasteiger partial charge is 0.328 e.